The molecule has 0 radical (unpaired) electrons. The molecular weight excluding hydrogens is 324 g/mol. The molecule has 0 fully saturated rings. The summed E-state index contributed by atoms with van der Waals surface area (Å²) in [7, 11) is 0. The number of aromatic nitrogens is 5. The molecule has 3 heterocycles. The molecule has 4 rings (SSSR count). The predicted octanol–water partition coefficient (Wildman–Crippen LogP) is 1.95. The van der Waals surface area contributed by atoms with Crippen molar-refractivity contribution in [2.24, 2.45) is 0 Å². The van der Waals surface area contributed by atoms with E-state index >= 15 is 0 Å². The minimum absolute atomic E-state index is 0.238. The number of para-hydroxylation sites is 1. The van der Waals surface area contributed by atoms with E-state index in [1.54, 1.807) is 22.2 Å². The van der Waals surface area contributed by atoms with E-state index in [0.717, 1.165) is 16.3 Å². The van der Waals surface area contributed by atoms with Crippen molar-refractivity contribution in [3.05, 3.63) is 65.7 Å². The number of benzene rings is 1. The number of hydrogen-bond acceptors (Lipinski definition) is 5. The fourth-order valence-electron chi connectivity index (χ4n) is 2.37. The van der Waals surface area contributed by atoms with Gasteiger partial charge in [0.05, 0.1) is 17.6 Å². The van der Waals surface area contributed by atoms with Gasteiger partial charge in [-0.3, -0.25) is 9.20 Å². The predicted molar refractivity (Wildman–Crippen MR) is 90.5 cm³/mol. The number of fused-ring (bicyclic) bond motifs is 1. The third-order valence-corrected chi connectivity index (χ3v) is 4.33. The van der Waals surface area contributed by atoms with Crippen LogP contribution < -0.4 is 5.32 Å². The smallest absolute Gasteiger partial charge is 0.273 e. The van der Waals surface area contributed by atoms with Crippen LogP contribution in [0.3, 0.4) is 0 Å². The molecule has 0 aliphatic heterocycles. The molecule has 0 atom stereocenters. The highest BCUT2D eigenvalue weighted by molar-refractivity contribution is 7.15. The van der Waals surface area contributed by atoms with Crippen molar-refractivity contribution >= 4 is 22.2 Å². The van der Waals surface area contributed by atoms with E-state index in [1.165, 1.54) is 0 Å². The first kappa shape index (κ1) is 14.6. The Balaban J connectivity index is 1.36. The Labute approximate surface area is 141 Å². The van der Waals surface area contributed by atoms with E-state index in [1.807, 2.05) is 52.5 Å². The quantitative estimate of drug-likeness (QED) is 0.603. The first-order chi connectivity index (χ1) is 11.8. The molecular formula is C16H14N6OS. The first-order valence-electron chi connectivity index (χ1n) is 7.47. The van der Waals surface area contributed by atoms with Crippen molar-refractivity contribution in [1.82, 2.24) is 29.7 Å². The molecule has 0 aliphatic carbocycles. The second kappa shape index (κ2) is 6.25. The lowest BCUT2D eigenvalue weighted by Gasteiger charge is -2.00. The van der Waals surface area contributed by atoms with E-state index < -0.39 is 0 Å². The van der Waals surface area contributed by atoms with Crippen LogP contribution in [-0.2, 0) is 6.42 Å². The van der Waals surface area contributed by atoms with Crippen LogP contribution in [0.25, 0.3) is 10.6 Å². The maximum Gasteiger partial charge on any atom is 0.273 e. The van der Waals surface area contributed by atoms with E-state index in [0.29, 0.717) is 18.7 Å². The lowest BCUT2D eigenvalue weighted by atomic mass is 10.3. The molecule has 3 aromatic heterocycles. The van der Waals surface area contributed by atoms with Gasteiger partial charge in [-0.25, -0.2) is 9.67 Å². The molecule has 4 aromatic rings. The van der Waals surface area contributed by atoms with Crippen molar-refractivity contribution in [3.8, 4) is 5.69 Å². The van der Waals surface area contributed by atoms with Crippen LogP contribution in [0.15, 0.2) is 54.3 Å². The van der Waals surface area contributed by atoms with E-state index in [9.17, 15) is 4.79 Å². The summed E-state index contributed by atoms with van der Waals surface area (Å²) in [5.74, 6) is -0.238. The molecule has 1 N–H and O–H groups in total. The summed E-state index contributed by atoms with van der Waals surface area (Å²) in [4.78, 5) is 17.6. The molecule has 1 amide bonds. The number of nitrogens with zero attached hydrogens (tertiary/aromatic N) is 5. The zero-order valence-electron chi connectivity index (χ0n) is 12.7. The van der Waals surface area contributed by atoms with Crippen LogP contribution in [0.4, 0.5) is 0 Å². The Morgan fingerprint density at radius 3 is 2.92 bits per heavy atom. The third kappa shape index (κ3) is 2.91. The number of thiazole rings is 1. The summed E-state index contributed by atoms with van der Waals surface area (Å²) in [5.41, 5.74) is 2.11. The van der Waals surface area contributed by atoms with E-state index in [-0.39, 0.29) is 5.91 Å². The van der Waals surface area contributed by atoms with Crippen molar-refractivity contribution in [2.75, 3.05) is 6.54 Å². The topological polar surface area (TPSA) is 77.1 Å². The van der Waals surface area contributed by atoms with Gasteiger partial charge in [0.15, 0.2) is 10.7 Å². The molecule has 0 spiro atoms. The number of imidazole rings is 1. The minimum Gasteiger partial charge on any atom is -0.350 e. The average molecular weight is 338 g/mol. The Hall–Kier alpha value is -3.00. The van der Waals surface area contributed by atoms with Gasteiger partial charge < -0.3 is 5.32 Å². The molecule has 120 valence electrons. The monoisotopic (exact) mass is 338 g/mol. The summed E-state index contributed by atoms with van der Waals surface area (Å²) in [6.45, 7) is 0.502. The fraction of sp³-hybridized carbons (Fsp3) is 0.125. The van der Waals surface area contributed by atoms with Gasteiger partial charge >= 0.3 is 0 Å². The molecule has 8 heteroatoms. The number of carbonyl (C=O) groups excluding carboxylic acids is 1. The van der Waals surface area contributed by atoms with Gasteiger partial charge in [-0.2, -0.15) is 0 Å². The molecule has 0 saturated heterocycles. The van der Waals surface area contributed by atoms with Crippen LogP contribution in [0.2, 0.25) is 0 Å². The maximum absolute atomic E-state index is 12.2. The SMILES string of the molecule is O=C(NCCc1cn2ccsc2n1)c1cn(-c2ccccc2)nn1. The van der Waals surface area contributed by atoms with Gasteiger partial charge in [0.1, 0.15) is 0 Å². The number of carbonyl (C=O) groups is 1. The van der Waals surface area contributed by atoms with Gasteiger partial charge in [-0.05, 0) is 12.1 Å². The number of hydrogen-bond donors (Lipinski definition) is 1. The summed E-state index contributed by atoms with van der Waals surface area (Å²) < 4.78 is 3.56. The molecule has 0 bridgehead atoms. The zero-order valence-corrected chi connectivity index (χ0v) is 13.5. The van der Waals surface area contributed by atoms with Gasteiger partial charge in [-0.1, -0.05) is 23.4 Å². The Morgan fingerprint density at radius 1 is 1.21 bits per heavy atom. The van der Waals surface area contributed by atoms with Crippen molar-refractivity contribution < 1.29 is 4.79 Å². The van der Waals surface area contributed by atoms with E-state index in [4.69, 9.17) is 0 Å². The zero-order chi connectivity index (χ0) is 16.4. The first-order valence-corrected chi connectivity index (χ1v) is 8.34. The van der Waals surface area contributed by atoms with Crippen molar-refractivity contribution in [2.45, 2.75) is 6.42 Å². The van der Waals surface area contributed by atoms with Gasteiger partial charge in [0.25, 0.3) is 5.91 Å². The second-order valence-corrected chi connectivity index (χ2v) is 6.09. The summed E-state index contributed by atoms with van der Waals surface area (Å²) >= 11 is 1.59. The van der Waals surface area contributed by atoms with Crippen molar-refractivity contribution in [1.29, 1.82) is 0 Å². The standard InChI is InChI=1S/C16H14N6OS/c23-15(14-11-22(20-19-14)13-4-2-1-3-5-13)17-7-6-12-10-21-8-9-24-16(21)18-12/h1-5,8-11H,6-7H2,(H,17,23). The number of rotatable bonds is 5. The van der Waals surface area contributed by atoms with E-state index in [2.05, 4.69) is 20.6 Å². The van der Waals surface area contributed by atoms with Gasteiger partial charge in [0, 0.05) is 30.7 Å². The van der Waals surface area contributed by atoms with Crippen LogP contribution in [-0.4, -0.2) is 36.8 Å². The number of nitrogens with one attached hydrogen (secondary N) is 1. The fourth-order valence-corrected chi connectivity index (χ4v) is 3.08. The lowest BCUT2D eigenvalue weighted by Crippen LogP contribution is -2.26. The highest BCUT2D eigenvalue weighted by Gasteiger charge is 2.11. The summed E-state index contributed by atoms with van der Waals surface area (Å²) in [6.07, 6.45) is 6.24. The summed E-state index contributed by atoms with van der Waals surface area (Å²) in [6, 6.07) is 9.55. The molecule has 0 unspecified atom stereocenters. The van der Waals surface area contributed by atoms with Gasteiger partial charge in [0.2, 0.25) is 0 Å². The minimum atomic E-state index is -0.238. The van der Waals surface area contributed by atoms with Crippen LogP contribution in [0.1, 0.15) is 16.2 Å². The highest BCUT2D eigenvalue weighted by Crippen LogP contribution is 2.11. The molecule has 0 aliphatic rings. The van der Waals surface area contributed by atoms with Crippen LogP contribution in [0, 0.1) is 0 Å². The van der Waals surface area contributed by atoms with Crippen LogP contribution in [0.5, 0.6) is 0 Å². The third-order valence-electron chi connectivity index (χ3n) is 3.56. The molecule has 0 saturated carbocycles. The Kier molecular flexibility index (Phi) is 3.80. The Bertz CT molecular complexity index is 942. The molecule has 1 aromatic carbocycles. The second-order valence-electron chi connectivity index (χ2n) is 5.21. The lowest BCUT2D eigenvalue weighted by molar-refractivity contribution is 0.0949. The maximum atomic E-state index is 12.2. The van der Waals surface area contributed by atoms with Crippen molar-refractivity contribution in [3.63, 3.8) is 0 Å². The highest BCUT2D eigenvalue weighted by atomic mass is 32.1. The average Bonchev–Trinajstić information content (AvgIpc) is 3.31. The molecule has 24 heavy (non-hydrogen) atoms. The van der Waals surface area contributed by atoms with Gasteiger partial charge in [-0.15, -0.1) is 16.4 Å². The largest absolute Gasteiger partial charge is 0.350 e. The summed E-state index contributed by atoms with van der Waals surface area (Å²) in [5, 5.41) is 12.8. The normalized spacial score (nSPS) is 11.0. The number of amides is 1. The molecule has 7 nitrogen and oxygen atoms in total. The Morgan fingerprint density at radius 2 is 2.08 bits per heavy atom. The van der Waals surface area contributed by atoms with Crippen LogP contribution >= 0.6 is 11.3 Å².